The van der Waals surface area contributed by atoms with Crippen molar-refractivity contribution < 1.29 is 4.43 Å². The molecule has 1 unspecified atom stereocenters. The van der Waals surface area contributed by atoms with Crippen LogP contribution in [0.2, 0.25) is 13.1 Å². The van der Waals surface area contributed by atoms with Gasteiger partial charge in [-0.25, -0.2) is 0 Å². The van der Waals surface area contributed by atoms with Crippen LogP contribution in [0.1, 0.15) is 32.4 Å². The lowest BCUT2D eigenvalue weighted by Crippen LogP contribution is -2.27. The standard InChI is InChI=1S/C20H26NOSSi/c1-20(2,3)19(22-24(5)6)14-10-9-12-16-18(14)23-17-13-8-7-11-15(17)21(16)4/h7-12,19,24H,1-6H3. The first-order valence-electron chi connectivity index (χ1n) is 8.49. The van der Waals surface area contributed by atoms with Crippen molar-refractivity contribution in [2.24, 2.45) is 5.41 Å². The molecule has 127 valence electrons. The zero-order chi connectivity index (χ0) is 17.5. The summed E-state index contributed by atoms with van der Waals surface area (Å²) in [5.74, 6) is 0. The van der Waals surface area contributed by atoms with E-state index in [2.05, 4.69) is 82.2 Å². The first-order valence-corrected chi connectivity index (χ1v) is 12.1. The summed E-state index contributed by atoms with van der Waals surface area (Å²) in [7, 11) is 0.988. The predicted octanol–water partition coefficient (Wildman–Crippen LogP) is 5.81. The van der Waals surface area contributed by atoms with Gasteiger partial charge in [0.1, 0.15) is 0 Å². The number of fused-ring (bicyclic) bond motifs is 2. The predicted molar refractivity (Wildman–Crippen MR) is 106 cm³/mol. The van der Waals surface area contributed by atoms with E-state index in [0.717, 1.165) is 0 Å². The van der Waals surface area contributed by atoms with Crippen molar-refractivity contribution in [2.75, 3.05) is 11.9 Å². The van der Waals surface area contributed by atoms with E-state index < -0.39 is 9.04 Å². The van der Waals surface area contributed by atoms with Crippen LogP contribution >= 0.6 is 11.8 Å². The highest BCUT2D eigenvalue weighted by atomic mass is 32.2. The number of hydrogen-bond acceptors (Lipinski definition) is 3. The third-order valence-electron chi connectivity index (χ3n) is 4.23. The molecule has 1 heterocycles. The van der Waals surface area contributed by atoms with Crippen molar-refractivity contribution in [2.45, 2.75) is 49.8 Å². The van der Waals surface area contributed by atoms with Crippen LogP contribution in [-0.2, 0) is 4.43 Å². The summed E-state index contributed by atoms with van der Waals surface area (Å²) >= 11 is 1.82. The monoisotopic (exact) mass is 356 g/mol. The lowest BCUT2D eigenvalue weighted by Gasteiger charge is -2.37. The molecule has 0 aliphatic carbocycles. The van der Waals surface area contributed by atoms with E-state index in [1.165, 1.54) is 26.7 Å². The highest BCUT2D eigenvalue weighted by Crippen LogP contribution is 2.52. The molecule has 0 amide bonds. The summed E-state index contributed by atoms with van der Waals surface area (Å²) in [4.78, 5) is 4.77. The Bertz CT molecular complexity index is 739. The second kappa shape index (κ2) is 6.58. The van der Waals surface area contributed by atoms with E-state index in [1.54, 1.807) is 0 Å². The van der Waals surface area contributed by atoms with Gasteiger partial charge in [-0.3, -0.25) is 0 Å². The van der Waals surface area contributed by atoms with Crippen LogP contribution in [0.4, 0.5) is 11.4 Å². The van der Waals surface area contributed by atoms with E-state index in [0.29, 0.717) is 0 Å². The number of anilines is 2. The van der Waals surface area contributed by atoms with Crippen molar-refractivity contribution in [3.63, 3.8) is 0 Å². The molecular formula is C20H26NOSSi. The highest BCUT2D eigenvalue weighted by molar-refractivity contribution is 7.99. The molecule has 1 radical (unpaired) electrons. The quantitative estimate of drug-likeness (QED) is 0.644. The van der Waals surface area contributed by atoms with Crippen molar-refractivity contribution >= 4 is 32.2 Å². The number of benzene rings is 2. The minimum Gasteiger partial charge on any atom is -0.413 e. The average molecular weight is 357 g/mol. The second-order valence-corrected chi connectivity index (χ2v) is 11.1. The Morgan fingerprint density at radius 3 is 2.50 bits per heavy atom. The molecule has 2 aromatic rings. The van der Waals surface area contributed by atoms with Gasteiger partial charge >= 0.3 is 0 Å². The Kier molecular flexibility index (Phi) is 4.82. The smallest absolute Gasteiger partial charge is 0.171 e. The van der Waals surface area contributed by atoms with Crippen molar-refractivity contribution in [1.29, 1.82) is 0 Å². The fraction of sp³-hybridized carbons (Fsp3) is 0.400. The molecule has 4 heteroatoms. The van der Waals surface area contributed by atoms with Gasteiger partial charge in [0.05, 0.1) is 17.5 Å². The molecule has 0 aromatic heterocycles. The number of nitrogens with zero attached hydrogens (tertiary/aromatic N) is 1. The molecule has 24 heavy (non-hydrogen) atoms. The maximum atomic E-state index is 6.49. The van der Waals surface area contributed by atoms with Crippen LogP contribution in [0.5, 0.6) is 0 Å². The van der Waals surface area contributed by atoms with Gasteiger partial charge in [-0.2, -0.15) is 0 Å². The SMILES string of the molecule is CN1c2ccc[c]c2Sc2c(C(O[SiH](C)C)C(C)(C)C)cccc21. The fourth-order valence-corrected chi connectivity index (χ4v) is 5.47. The van der Waals surface area contributed by atoms with Gasteiger partial charge in [0.25, 0.3) is 0 Å². The maximum absolute atomic E-state index is 6.49. The molecule has 2 aromatic carbocycles. The molecule has 3 rings (SSSR count). The first-order chi connectivity index (χ1) is 11.3. The maximum Gasteiger partial charge on any atom is 0.171 e. The van der Waals surface area contributed by atoms with E-state index >= 15 is 0 Å². The lowest BCUT2D eigenvalue weighted by atomic mass is 9.84. The Morgan fingerprint density at radius 2 is 1.83 bits per heavy atom. The van der Waals surface area contributed by atoms with Gasteiger partial charge in [-0.05, 0) is 42.3 Å². The lowest BCUT2D eigenvalue weighted by molar-refractivity contribution is 0.0843. The van der Waals surface area contributed by atoms with Crippen molar-refractivity contribution in [1.82, 2.24) is 0 Å². The third-order valence-corrected chi connectivity index (χ3v) is 6.22. The van der Waals surface area contributed by atoms with Gasteiger partial charge in [0, 0.05) is 16.8 Å². The minimum absolute atomic E-state index is 0.0617. The average Bonchev–Trinajstić information content (AvgIpc) is 2.51. The van der Waals surface area contributed by atoms with E-state index in [4.69, 9.17) is 4.43 Å². The zero-order valence-corrected chi connectivity index (χ0v) is 17.4. The fourth-order valence-electron chi connectivity index (χ4n) is 3.13. The first kappa shape index (κ1) is 17.6. The summed E-state index contributed by atoms with van der Waals surface area (Å²) in [5.41, 5.74) is 3.85. The second-order valence-electron chi connectivity index (χ2n) is 7.67. The molecule has 2 nitrogen and oxygen atoms in total. The van der Waals surface area contributed by atoms with E-state index in [9.17, 15) is 0 Å². The topological polar surface area (TPSA) is 12.5 Å². The molecule has 1 atom stereocenters. The third kappa shape index (κ3) is 3.28. The molecule has 0 bridgehead atoms. The zero-order valence-electron chi connectivity index (χ0n) is 15.4. The molecule has 1 aliphatic rings. The summed E-state index contributed by atoms with van der Waals surface area (Å²) in [5, 5.41) is 0. The Balaban J connectivity index is 2.11. The van der Waals surface area contributed by atoms with Gasteiger partial charge in [0.15, 0.2) is 9.04 Å². The van der Waals surface area contributed by atoms with Crippen molar-refractivity contribution in [3.8, 4) is 0 Å². The summed E-state index contributed by atoms with van der Waals surface area (Å²) < 4.78 is 6.49. The molecule has 0 saturated heterocycles. The normalized spacial score (nSPS) is 15.2. The molecule has 1 aliphatic heterocycles. The van der Waals surface area contributed by atoms with Crippen LogP contribution in [-0.4, -0.2) is 16.1 Å². The Labute approximate surface area is 151 Å². The van der Waals surface area contributed by atoms with E-state index in [1.807, 2.05) is 17.8 Å². The number of rotatable bonds is 3. The molecule has 0 N–H and O–H groups in total. The summed E-state index contributed by atoms with van der Waals surface area (Å²) in [6.07, 6.45) is 0.116. The molecular weight excluding hydrogens is 330 g/mol. The number of hydrogen-bond donors (Lipinski definition) is 0. The highest BCUT2D eigenvalue weighted by Gasteiger charge is 2.33. The van der Waals surface area contributed by atoms with Crippen LogP contribution < -0.4 is 4.90 Å². The van der Waals surface area contributed by atoms with Crippen LogP contribution in [0.25, 0.3) is 0 Å². The van der Waals surface area contributed by atoms with Gasteiger partial charge in [-0.1, -0.05) is 56.8 Å². The van der Waals surface area contributed by atoms with Crippen molar-refractivity contribution in [3.05, 3.63) is 48.0 Å². The van der Waals surface area contributed by atoms with Crippen LogP contribution in [0.3, 0.4) is 0 Å². The molecule has 0 saturated carbocycles. The Morgan fingerprint density at radius 1 is 1.12 bits per heavy atom. The van der Waals surface area contributed by atoms with Crippen LogP contribution in [0, 0.1) is 11.5 Å². The van der Waals surface area contributed by atoms with Gasteiger partial charge in [-0.15, -0.1) is 0 Å². The van der Waals surface area contributed by atoms with E-state index in [-0.39, 0.29) is 11.5 Å². The minimum atomic E-state index is -1.15. The summed E-state index contributed by atoms with van der Waals surface area (Å²) in [6.45, 7) is 11.3. The van der Waals surface area contributed by atoms with Gasteiger partial charge < -0.3 is 9.33 Å². The molecule has 0 fully saturated rings. The van der Waals surface area contributed by atoms with Gasteiger partial charge in [0.2, 0.25) is 0 Å². The largest absolute Gasteiger partial charge is 0.413 e. The Hall–Kier alpha value is -1.23. The summed E-state index contributed by atoms with van der Waals surface area (Å²) in [6, 6.07) is 16.2. The molecule has 0 spiro atoms. The van der Waals surface area contributed by atoms with Crippen LogP contribution in [0.15, 0.2) is 46.2 Å².